The molecule has 3 heteroatoms. The molecule has 0 aliphatic heterocycles. The van der Waals surface area contributed by atoms with Crippen LogP contribution in [0.4, 0.5) is 0 Å². The molecule has 1 fully saturated rings. The minimum atomic E-state index is -0.908. The smallest absolute Gasteiger partial charge is 0.311 e. The molecule has 0 aromatic heterocycles. The summed E-state index contributed by atoms with van der Waals surface area (Å²) in [5.41, 5.74) is 0. The number of ether oxygens (including phenoxy) is 1. The Morgan fingerprint density at radius 3 is 2.62 bits per heavy atom. The van der Waals surface area contributed by atoms with Gasteiger partial charge >= 0.3 is 5.97 Å². The monoisotopic (exact) mass is 186 g/mol. The molecular formula is C10H18O3. The van der Waals surface area contributed by atoms with Crippen LogP contribution in [0.15, 0.2) is 0 Å². The van der Waals surface area contributed by atoms with Gasteiger partial charge in [0.15, 0.2) is 6.29 Å². The van der Waals surface area contributed by atoms with Gasteiger partial charge in [0.2, 0.25) is 0 Å². The molecule has 1 saturated carbocycles. The lowest BCUT2D eigenvalue weighted by Crippen LogP contribution is -2.25. The number of aliphatic hydroxyl groups excluding tert-OH is 1. The van der Waals surface area contributed by atoms with E-state index >= 15 is 0 Å². The van der Waals surface area contributed by atoms with Crippen molar-refractivity contribution in [3.05, 3.63) is 0 Å². The van der Waals surface area contributed by atoms with Gasteiger partial charge in [-0.15, -0.1) is 0 Å². The van der Waals surface area contributed by atoms with E-state index < -0.39 is 6.29 Å². The second kappa shape index (κ2) is 5.22. The van der Waals surface area contributed by atoms with Crippen molar-refractivity contribution in [1.29, 1.82) is 0 Å². The highest BCUT2D eigenvalue weighted by Gasteiger charge is 2.23. The second-order valence-electron chi connectivity index (χ2n) is 3.63. The Kier molecular flexibility index (Phi) is 4.22. The highest BCUT2D eigenvalue weighted by molar-refractivity contribution is 5.72. The van der Waals surface area contributed by atoms with Crippen molar-refractivity contribution in [3.63, 3.8) is 0 Å². The summed E-state index contributed by atoms with van der Waals surface area (Å²) in [6, 6.07) is 0. The Morgan fingerprint density at radius 2 is 2.08 bits per heavy atom. The maximum atomic E-state index is 11.4. The van der Waals surface area contributed by atoms with Crippen LogP contribution in [0.3, 0.4) is 0 Å². The Hall–Kier alpha value is -0.570. The van der Waals surface area contributed by atoms with E-state index in [4.69, 9.17) is 9.84 Å². The quantitative estimate of drug-likeness (QED) is 0.540. The standard InChI is InChI=1S/C10H18O3/c1-2-9(11)13-10(12)8-6-4-3-5-7-8/h8-9,11H,2-7H2,1H3. The van der Waals surface area contributed by atoms with E-state index in [-0.39, 0.29) is 11.9 Å². The molecule has 0 aromatic carbocycles. The van der Waals surface area contributed by atoms with Gasteiger partial charge in [-0.05, 0) is 12.8 Å². The fourth-order valence-corrected chi connectivity index (χ4v) is 1.65. The number of rotatable bonds is 3. The number of carbonyl (C=O) groups is 1. The molecule has 0 aromatic rings. The lowest BCUT2D eigenvalue weighted by atomic mass is 9.89. The fraction of sp³-hybridized carbons (Fsp3) is 0.900. The van der Waals surface area contributed by atoms with Crippen LogP contribution in [0.5, 0.6) is 0 Å². The molecule has 0 spiro atoms. The van der Waals surface area contributed by atoms with Crippen molar-refractivity contribution in [2.75, 3.05) is 0 Å². The number of aliphatic hydroxyl groups is 1. The first-order valence-corrected chi connectivity index (χ1v) is 5.12. The van der Waals surface area contributed by atoms with Gasteiger partial charge in [0, 0.05) is 6.42 Å². The molecule has 1 unspecified atom stereocenters. The van der Waals surface area contributed by atoms with Crippen LogP contribution in [0.2, 0.25) is 0 Å². The number of carbonyl (C=O) groups excluding carboxylic acids is 1. The van der Waals surface area contributed by atoms with E-state index in [1.54, 1.807) is 6.92 Å². The molecule has 0 saturated heterocycles. The summed E-state index contributed by atoms with van der Waals surface area (Å²) >= 11 is 0. The van der Waals surface area contributed by atoms with Crippen molar-refractivity contribution in [3.8, 4) is 0 Å². The summed E-state index contributed by atoms with van der Waals surface area (Å²) in [7, 11) is 0. The van der Waals surface area contributed by atoms with Crippen LogP contribution < -0.4 is 0 Å². The third-order valence-electron chi connectivity index (χ3n) is 2.54. The van der Waals surface area contributed by atoms with Gasteiger partial charge in [0.05, 0.1) is 5.92 Å². The molecule has 1 rings (SSSR count). The molecule has 1 atom stereocenters. The lowest BCUT2D eigenvalue weighted by Gasteiger charge is -2.21. The minimum Gasteiger partial charge on any atom is -0.436 e. The largest absolute Gasteiger partial charge is 0.436 e. The molecule has 0 radical (unpaired) electrons. The van der Waals surface area contributed by atoms with E-state index in [1.807, 2.05) is 0 Å². The zero-order chi connectivity index (χ0) is 9.68. The average Bonchev–Trinajstić information content (AvgIpc) is 2.19. The normalized spacial score (nSPS) is 21.1. The van der Waals surface area contributed by atoms with Gasteiger partial charge in [-0.2, -0.15) is 0 Å². The van der Waals surface area contributed by atoms with Crippen LogP contribution in [-0.2, 0) is 9.53 Å². The SMILES string of the molecule is CCC(O)OC(=O)C1CCCCC1. The van der Waals surface area contributed by atoms with E-state index in [2.05, 4.69) is 0 Å². The van der Waals surface area contributed by atoms with Crippen LogP contribution in [0.1, 0.15) is 45.4 Å². The Balaban J connectivity index is 2.29. The zero-order valence-corrected chi connectivity index (χ0v) is 8.16. The third-order valence-corrected chi connectivity index (χ3v) is 2.54. The van der Waals surface area contributed by atoms with E-state index in [1.165, 1.54) is 6.42 Å². The summed E-state index contributed by atoms with van der Waals surface area (Å²) in [6.45, 7) is 1.79. The molecule has 1 N–H and O–H groups in total. The Labute approximate surface area is 79.1 Å². The number of hydrogen-bond acceptors (Lipinski definition) is 3. The van der Waals surface area contributed by atoms with Crippen molar-refractivity contribution in [1.82, 2.24) is 0 Å². The molecule has 1 aliphatic carbocycles. The first-order valence-electron chi connectivity index (χ1n) is 5.12. The predicted octanol–water partition coefficient (Wildman–Crippen LogP) is 1.84. The first-order chi connectivity index (χ1) is 6.24. The lowest BCUT2D eigenvalue weighted by molar-refractivity contribution is -0.174. The van der Waals surface area contributed by atoms with Gasteiger partial charge < -0.3 is 9.84 Å². The van der Waals surface area contributed by atoms with Crippen molar-refractivity contribution in [2.24, 2.45) is 5.92 Å². The summed E-state index contributed by atoms with van der Waals surface area (Å²) in [4.78, 5) is 11.4. The maximum absolute atomic E-state index is 11.4. The Bertz CT molecular complexity index is 162. The van der Waals surface area contributed by atoms with E-state index in [9.17, 15) is 4.79 Å². The van der Waals surface area contributed by atoms with Crippen LogP contribution in [0.25, 0.3) is 0 Å². The molecule has 13 heavy (non-hydrogen) atoms. The van der Waals surface area contributed by atoms with Crippen LogP contribution in [0, 0.1) is 5.92 Å². The van der Waals surface area contributed by atoms with Gasteiger partial charge in [-0.25, -0.2) is 0 Å². The molecule has 1 aliphatic rings. The molecule has 0 amide bonds. The highest BCUT2D eigenvalue weighted by atomic mass is 16.6. The summed E-state index contributed by atoms with van der Waals surface area (Å²) < 4.78 is 4.86. The molecule has 3 nitrogen and oxygen atoms in total. The predicted molar refractivity (Wildman–Crippen MR) is 49.0 cm³/mol. The van der Waals surface area contributed by atoms with Crippen molar-refractivity contribution < 1.29 is 14.6 Å². The van der Waals surface area contributed by atoms with Gasteiger partial charge in [0.1, 0.15) is 0 Å². The topological polar surface area (TPSA) is 46.5 Å². The Morgan fingerprint density at radius 1 is 1.46 bits per heavy atom. The average molecular weight is 186 g/mol. The van der Waals surface area contributed by atoms with Gasteiger partial charge in [0.25, 0.3) is 0 Å². The second-order valence-corrected chi connectivity index (χ2v) is 3.63. The molecular weight excluding hydrogens is 168 g/mol. The highest BCUT2D eigenvalue weighted by Crippen LogP contribution is 2.24. The number of esters is 1. The number of hydrogen-bond donors (Lipinski definition) is 1. The molecule has 0 heterocycles. The summed E-state index contributed by atoms with van der Waals surface area (Å²) in [6.07, 6.45) is 4.86. The summed E-state index contributed by atoms with van der Waals surface area (Å²) in [5, 5.41) is 9.12. The third kappa shape index (κ3) is 3.35. The van der Waals surface area contributed by atoms with Gasteiger partial charge in [-0.1, -0.05) is 26.2 Å². The minimum absolute atomic E-state index is 0.0370. The van der Waals surface area contributed by atoms with Crippen molar-refractivity contribution in [2.45, 2.75) is 51.7 Å². The van der Waals surface area contributed by atoms with E-state index in [0.717, 1.165) is 25.7 Å². The molecule has 0 bridgehead atoms. The van der Waals surface area contributed by atoms with Crippen LogP contribution >= 0.6 is 0 Å². The maximum Gasteiger partial charge on any atom is 0.311 e. The first kappa shape index (κ1) is 10.5. The van der Waals surface area contributed by atoms with Crippen molar-refractivity contribution >= 4 is 5.97 Å². The fourth-order valence-electron chi connectivity index (χ4n) is 1.65. The molecule has 76 valence electrons. The van der Waals surface area contributed by atoms with Gasteiger partial charge in [-0.3, -0.25) is 4.79 Å². The van der Waals surface area contributed by atoms with Crippen LogP contribution in [-0.4, -0.2) is 17.4 Å². The summed E-state index contributed by atoms with van der Waals surface area (Å²) in [5.74, 6) is -0.177. The zero-order valence-electron chi connectivity index (χ0n) is 8.16. The van der Waals surface area contributed by atoms with E-state index in [0.29, 0.717) is 6.42 Å².